The first-order valence-electron chi connectivity index (χ1n) is 5.98. The van der Waals surface area contributed by atoms with Crippen molar-refractivity contribution >= 4 is 18.3 Å². The molecule has 3 nitrogen and oxygen atoms in total. The summed E-state index contributed by atoms with van der Waals surface area (Å²) in [6, 6.07) is 4.85. The van der Waals surface area contributed by atoms with Crippen LogP contribution in [-0.2, 0) is 17.4 Å². The normalized spacial score (nSPS) is 12.4. The van der Waals surface area contributed by atoms with Crippen molar-refractivity contribution in [2.24, 2.45) is 11.7 Å². The zero-order valence-electron chi connectivity index (χ0n) is 11.0. The highest BCUT2D eigenvalue weighted by Crippen LogP contribution is 2.29. The van der Waals surface area contributed by atoms with Crippen molar-refractivity contribution in [2.75, 3.05) is 13.1 Å². The molecular formula is C13H18ClF3N2O. The Labute approximate surface area is 122 Å². The lowest BCUT2D eigenvalue weighted by Crippen LogP contribution is -2.34. The average Bonchev–Trinajstić information content (AvgIpc) is 2.35. The molecule has 1 rings (SSSR count). The summed E-state index contributed by atoms with van der Waals surface area (Å²) in [4.78, 5) is 11.6. The van der Waals surface area contributed by atoms with E-state index < -0.39 is 11.7 Å². The Kier molecular flexibility index (Phi) is 7.60. The van der Waals surface area contributed by atoms with Crippen LogP contribution in [-0.4, -0.2) is 19.0 Å². The molecule has 0 radical (unpaired) electrons. The fourth-order valence-corrected chi connectivity index (χ4v) is 1.65. The Morgan fingerprint density at radius 2 is 1.85 bits per heavy atom. The van der Waals surface area contributed by atoms with E-state index in [1.54, 1.807) is 6.92 Å². The van der Waals surface area contributed by atoms with Crippen LogP contribution >= 0.6 is 12.4 Å². The van der Waals surface area contributed by atoms with Gasteiger partial charge in [-0.25, -0.2) is 0 Å². The molecule has 1 amide bonds. The van der Waals surface area contributed by atoms with Gasteiger partial charge in [-0.1, -0.05) is 19.1 Å². The van der Waals surface area contributed by atoms with E-state index in [1.807, 2.05) is 0 Å². The van der Waals surface area contributed by atoms with Crippen molar-refractivity contribution < 1.29 is 18.0 Å². The average molecular weight is 311 g/mol. The summed E-state index contributed by atoms with van der Waals surface area (Å²) in [5.74, 6) is -0.450. The Balaban J connectivity index is 0.00000361. The molecule has 0 spiro atoms. The van der Waals surface area contributed by atoms with Gasteiger partial charge in [-0.2, -0.15) is 13.2 Å². The van der Waals surface area contributed by atoms with E-state index in [-0.39, 0.29) is 24.2 Å². The smallest absolute Gasteiger partial charge is 0.355 e. The van der Waals surface area contributed by atoms with Gasteiger partial charge in [-0.3, -0.25) is 4.79 Å². The van der Waals surface area contributed by atoms with Gasteiger partial charge in [0.2, 0.25) is 5.91 Å². The first-order valence-corrected chi connectivity index (χ1v) is 5.98. The van der Waals surface area contributed by atoms with Crippen LogP contribution in [0.2, 0.25) is 0 Å². The minimum Gasteiger partial charge on any atom is -0.355 e. The fraction of sp³-hybridized carbons (Fsp3) is 0.462. The van der Waals surface area contributed by atoms with E-state index >= 15 is 0 Å². The van der Waals surface area contributed by atoms with Crippen LogP contribution < -0.4 is 11.1 Å². The molecule has 0 aliphatic carbocycles. The summed E-state index contributed by atoms with van der Waals surface area (Å²) in [5.41, 5.74) is 5.28. The van der Waals surface area contributed by atoms with Gasteiger partial charge in [-0.05, 0) is 24.1 Å². The van der Waals surface area contributed by atoms with Crippen molar-refractivity contribution in [2.45, 2.75) is 19.5 Å². The number of hydrogen-bond donors (Lipinski definition) is 2. The molecule has 0 aromatic heterocycles. The van der Waals surface area contributed by atoms with Gasteiger partial charge in [0.25, 0.3) is 0 Å². The third-order valence-corrected chi connectivity index (χ3v) is 2.71. The van der Waals surface area contributed by atoms with Crippen molar-refractivity contribution in [3.8, 4) is 0 Å². The summed E-state index contributed by atoms with van der Waals surface area (Å²) in [6.45, 7) is 2.48. The zero-order valence-corrected chi connectivity index (χ0v) is 11.9. The molecule has 1 atom stereocenters. The maximum absolute atomic E-state index is 12.4. The third kappa shape index (κ3) is 5.79. The first-order chi connectivity index (χ1) is 8.84. The summed E-state index contributed by atoms with van der Waals surface area (Å²) < 4.78 is 37.1. The van der Waals surface area contributed by atoms with E-state index in [9.17, 15) is 18.0 Å². The Morgan fingerprint density at radius 1 is 1.30 bits per heavy atom. The second-order valence-corrected chi connectivity index (χ2v) is 4.38. The minimum atomic E-state index is -4.33. The van der Waals surface area contributed by atoms with Gasteiger partial charge >= 0.3 is 6.18 Å². The predicted molar refractivity (Wildman–Crippen MR) is 73.6 cm³/mol. The highest BCUT2D eigenvalue weighted by Gasteiger charge is 2.30. The molecule has 0 heterocycles. The van der Waals surface area contributed by atoms with Crippen molar-refractivity contribution in [1.29, 1.82) is 0 Å². The number of carbonyl (C=O) groups excluding carboxylic acids is 1. The number of nitrogens with two attached hydrogens (primary N) is 1. The van der Waals surface area contributed by atoms with Crippen molar-refractivity contribution in [3.63, 3.8) is 0 Å². The zero-order chi connectivity index (χ0) is 14.5. The molecule has 20 heavy (non-hydrogen) atoms. The monoisotopic (exact) mass is 310 g/mol. The van der Waals surface area contributed by atoms with Gasteiger partial charge in [0.15, 0.2) is 0 Å². The van der Waals surface area contributed by atoms with Crippen LogP contribution in [0.15, 0.2) is 24.3 Å². The molecule has 7 heteroatoms. The topological polar surface area (TPSA) is 55.1 Å². The second kappa shape index (κ2) is 8.11. The molecule has 114 valence electrons. The summed E-state index contributed by atoms with van der Waals surface area (Å²) in [6.07, 6.45) is -3.93. The first kappa shape index (κ1) is 18.7. The highest BCUT2D eigenvalue weighted by molar-refractivity contribution is 5.85. The molecule has 0 aliphatic heterocycles. The number of hydrogen-bond acceptors (Lipinski definition) is 2. The lowest BCUT2D eigenvalue weighted by atomic mass is 9.99. The quantitative estimate of drug-likeness (QED) is 0.877. The molecule has 1 aromatic rings. The largest absolute Gasteiger partial charge is 0.416 e. The van der Waals surface area contributed by atoms with Gasteiger partial charge < -0.3 is 11.1 Å². The maximum atomic E-state index is 12.4. The molecule has 0 aliphatic rings. The van der Waals surface area contributed by atoms with E-state index in [4.69, 9.17) is 5.73 Å². The van der Waals surface area contributed by atoms with Gasteiger partial charge in [-0.15, -0.1) is 12.4 Å². The Hall–Kier alpha value is -1.27. The van der Waals surface area contributed by atoms with Crippen LogP contribution in [0.3, 0.4) is 0 Å². The highest BCUT2D eigenvalue weighted by atomic mass is 35.5. The fourth-order valence-electron chi connectivity index (χ4n) is 1.65. The molecular weight excluding hydrogens is 293 g/mol. The molecule has 0 bridgehead atoms. The standard InChI is InChI=1S/C13H17F3N2O.ClH/c1-9(12(19)18-7-6-17)8-10-2-4-11(5-3-10)13(14,15)16;/h2-5,9H,6-8,17H2,1H3,(H,18,19);1H. The van der Waals surface area contributed by atoms with Gasteiger partial charge in [0.1, 0.15) is 0 Å². The molecule has 1 aromatic carbocycles. The number of amides is 1. The maximum Gasteiger partial charge on any atom is 0.416 e. The second-order valence-electron chi connectivity index (χ2n) is 4.38. The van der Waals surface area contributed by atoms with Crippen LogP contribution in [0, 0.1) is 5.92 Å². The molecule has 1 unspecified atom stereocenters. The van der Waals surface area contributed by atoms with Crippen molar-refractivity contribution in [3.05, 3.63) is 35.4 Å². The van der Waals surface area contributed by atoms with E-state index in [2.05, 4.69) is 5.32 Å². The van der Waals surface area contributed by atoms with E-state index in [1.165, 1.54) is 12.1 Å². The number of benzene rings is 1. The van der Waals surface area contributed by atoms with Crippen LogP contribution in [0.4, 0.5) is 13.2 Å². The predicted octanol–water partition coefficient (Wildman–Crippen LogP) is 2.38. The molecule has 0 saturated carbocycles. The summed E-state index contributed by atoms with van der Waals surface area (Å²) >= 11 is 0. The number of nitrogens with one attached hydrogen (secondary N) is 1. The number of alkyl halides is 3. The lowest BCUT2D eigenvalue weighted by Gasteiger charge is -2.12. The van der Waals surface area contributed by atoms with Crippen LogP contribution in [0.25, 0.3) is 0 Å². The lowest BCUT2D eigenvalue weighted by molar-refractivity contribution is -0.137. The summed E-state index contributed by atoms with van der Waals surface area (Å²) in [5, 5.41) is 2.64. The van der Waals surface area contributed by atoms with E-state index in [0.717, 1.165) is 12.1 Å². The number of halogens is 4. The Morgan fingerprint density at radius 3 is 2.30 bits per heavy atom. The van der Waals surface area contributed by atoms with Gasteiger partial charge in [0, 0.05) is 19.0 Å². The van der Waals surface area contributed by atoms with Crippen LogP contribution in [0.5, 0.6) is 0 Å². The number of carbonyl (C=O) groups is 1. The van der Waals surface area contributed by atoms with E-state index in [0.29, 0.717) is 25.1 Å². The minimum absolute atomic E-state index is 0. The third-order valence-electron chi connectivity index (χ3n) is 2.71. The van der Waals surface area contributed by atoms with Crippen molar-refractivity contribution in [1.82, 2.24) is 5.32 Å². The Bertz CT molecular complexity index is 421. The van der Waals surface area contributed by atoms with Crippen LogP contribution in [0.1, 0.15) is 18.1 Å². The summed E-state index contributed by atoms with van der Waals surface area (Å²) in [7, 11) is 0. The molecule has 0 fully saturated rings. The SMILES string of the molecule is CC(Cc1ccc(C(F)(F)F)cc1)C(=O)NCCN.Cl. The molecule has 0 saturated heterocycles. The number of rotatable bonds is 5. The molecule has 3 N–H and O–H groups in total. The van der Waals surface area contributed by atoms with Gasteiger partial charge in [0.05, 0.1) is 5.56 Å².